The molecule has 3 heterocycles. The molecule has 3 aliphatic heterocycles. The number of anilines is 1. The Morgan fingerprint density at radius 3 is 2.40 bits per heavy atom. The topological polar surface area (TPSA) is 81.2 Å². The Morgan fingerprint density at radius 2 is 1.79 bits per heavy atom. The highest BCUT2D eigenvalue weighted by molar-refractivity contribution is 9.09. The number of carbonyl (C=O) groups excluding carboxylic acids is 3. The first-order valence-electron chi connectivity index (χ1n) is 15.8. The third kappa shape index (κ3) is 5.74. The van der Waals surface area contributed by atoms with Crippen molar-refractivity contribution in [2.24, 2.45) is 17.8 Å². The lowest BCUT2D eigenvalue weighted by Gasteiger charge is -2.43. The number of alkyl halides is 1. The maximum absolute atomic E-state index is 14.9. The number of hydrogen-bond acceptors (Lipinski definition) is 5. The lowest BCUT2D eigenvalue weighted by Crippen LogP contribution is -2.59. The minimum Gasteiger partial charge on any atom is -0.394 e. The van der Waals surface area contributed by atoms with Crippen molar-refractivity contribution in [3.05, 3.63) is 55.6 Å². The first kappa shape index (κ1) is 32.3. The molecule has 1 saturated carbocycles. The van der Waals surface area contributed by atoms with Crippen molar-refractivity contribution in [3.8, 4) is 0 Å². The van der Waals surface area contributed by atoms with Gasteiger partial charge in [0.15, 0.2) is 0 Å². The average molecular weight is 673 g/mol. The first-order valence-corrected chi connectivity index (χ1v) is 17.6. The molecule has 1 N–H and O–H groups in total. The maximum Gasteiger partial charge on any atom is 0.247 e. The predicted molar refractivity (Wildman–Crippen MR) is 177 cm³/mol. The minimum atomic E-state index is -0.762. The van der Waals surface area contributed by atoms with Crippen molar-refractivity contribution in [3.63, 3.8) is 0 Å². The van der Waals surface area contributed by atoms with Crippen LogP contribution in [0.15, 0.2) is 55.6 Å². The summed E-state index contributed by atoms with van der Waals surface area (Å²) in [5.41, 5.74) is 0.762. The highest BCUT2D eigenvalue weighted by Crippen LogP contribution is 2.68. The zero-order valence-electron chi connectivity index (χ0n) is 25.4. The van der Waals surface area contributed by atoms with Crippen molar-refractivity contribution in [1.82, 2.24) is 9.80 Å². The molecule has 1 aromatic carbocycles. The SMILES string of the molecule is C=CCN(C(=O)[C@H]1[C@@H]2SC3(CC2Br)C(C(=O)N(CC=C)C2CCCCC2)N([C@@H](CO)CC(C)C)C(=O)[C@H]13)c1ccccc1. The number of hydrogen-bond donors (Lipinski definition) is 1. The molecular weight excluding hydrogens is 626 g/mol. The van der Waals surface area contributed by atoms with E-state index in [4.69, 9.17) is 0 Å². The lowest BCUT2D eigenvalue weighted by atomic mass is 9.70. The Balaban J connectivity index is 1.60. The summed E-state index contributed by atoms with van der Waals surface area (Å²) in [5, 5.41) is 10.5. The summed E-state index contributed by atoms with van der Waals surface area (Å²) in [4.78, 5) is 49.6. The van der Waals surface area contributed by atoms with Gasteiger partial charge in [-0.05, 0) is 43.7 Å². The van der Waals surface area contributed by atoms with Gasteiger partial charge in [0.25, 0.3) is 0 Å². The van der Waals surface area contributed by atoms with E-state index in [9.17, 15) is 19.5 Å². The number of aliphatic hydroxyl groups excluding tert-OH is 1. The Bertz CT molecular complexity index is 1210. The standard InChI is InChI=1S/C34H46BrN3O4S/c1-5-17-36(23-13-9-7-10-14-23)31(40)27-28-32(41)38(25(21-39)19-22(3)4)30(34(28)20-26(35)29(27)43-34)33(42)37(18-6-2)24-15-11-8-12-16-24/h5-7,9-10,13-14,22,24-30,39H,1-2,8,11-12,15-21H2,3-4H3/t25-,26?,27-,28+,29-,30?,34?/m1/s1. The van der Waals surface area contributed by atoms with Gasteiger partial charge in [-0.15, -0.1) is 24.9 Å². The summed E-state index contributed by atoms with van der Waals surface area (Å²) in [6.07, 6.45) is 9.91. The Labute approximate surface area is 269 Å². The van der Waals surface area contributed by atoms with Gasteiger partial charge in [-0.25, -0.2) is 0 Å². The number of benzene rings is 1. The van der Waals surface area contributed by atoms with Crippen molar-refractivity contribution in [2.45, 2.75) is 91.7 Å². The van der Waals surface area contributed by atoms with Gasteiger partial charge >= 0.3 is 0 Å². The minimum absolute atomic E-state index is 0.0210. The van der Waals surface area contributed by atoms with Crippen LogP contribution in [0, 0.1) is 17.8 Å². The van der Waals surface area contributed by atoms with E-state index in [-0.39, 0.29) is 46.4 Å². The van der Waals surface area contributed by atoms with Crippen LogP contribution in [0.2, 0.25) is 0 Å². The van der Waals surface area contributed by atoms with E-state index in [1.807, 2.05) is 35.2 Å². The van der Waals surface area contributed by atoms with Crippen molar-refractivity contribution >= 4 is 51.1 Å². The third-order valence-electron chi connectivity index (χ3n) is 9.86. The van der Waals surface area contributed by atoms with Crippen LogP contribution < -0.4 is 4.90 Å². The molecule has 1 aliphatic carbocycles. The molecule has 4 fully saturated rings. The van der Waals surface area contributed by atoms with Crippen LogP contribution >= 0.6 is 27.7 Å². The number of rotatable bonds is 12. The van der Waals surface area contributed by atoms with Crippen LogP contribution in [0.3, 0.4) is 0 Å². The van der Waals surface area contributed by atoms with Gasteiger partial charge in [-0.2, -0.15) is 0 Å². The number of likely N-dealkylation sites (tertiary alicyclic amines) is 1. The summed E-state index contributed by atoms with van der Waals surface area (Å²) in [5.74, 6) is -1.37. The molecule has 7 atom stereocenters. The van der Waals surface area contributed by atoms with E-state index < -0.39 is 28.7 Å². The largest absolute Gasteiger partial charge is 0.394 e. The molecule has 4 aliphatic rings. The van der Waals surface area contributed by atoms with Crippen LogP contribution in [0.1, 0.15) is 58.8 Å². The number of fused-ring (bicyclic) bond motifs is 1. The van der Waals surface area contributed by atoms with Crippen LogP contribution in [0.5, 0.6) is 0 Å². The highest BCUT2D eigenvalue weighted by atomic mass is 79.9. The van der Waals surface area contributed by atoms with E-state index in [0.717, 1.165) is 31.4 Å². The maximum atomic E-state index is 14.9. The zero-order chi connectivity index (χ0) is 30.9. The average Bonchev–Trinajstić information content (AvgIpc) is 3.60. The number of aliphatic hydroxyl groups is 1. The van der Waals surface area contributed by atoms with Gasteiger partial charge in [-0.1, -0.05) is 79.4 Å². The van der Waals surface area contributed by atoms with Gasteiger partial charge < -0.3 is 19.8 Å². The summed E-state index contributed by atoms with van der Waals surface area (Å²) in [7, 11) is 0. The molecule has 0 radical (unpaired) electrons. The predicted octanol–water partition coefficient (Wildman–Crippen LogP) is 5.42. The van der Waals surface area contributed by atoms with Crippen molar-refractivity contribution in [1.29, 1.82) is 0 Å². The summed E-state index contributed by atoms with van der Waals surface area (Å²) >= 11 is 5.56. The molecule has 5 rings (SSSR count). The molecule has 7 nitrogen and oxygen atoms in total. The number of amides is 3. The first-order chi connectivity index (χ1) is 20.7. The van der Waals surface area contributed by atoms with Crippen LogP contribution in [-0.2, 0) is 14.4 Å². The fourth-order valence-corrected chi connectivity index (χ4v) is 11.8. The molecule has 9 heteroatoms. The van der Waals surface area contributed by atoms with E-state index >= 15 is 0 Å². The van der Waals surface area contributed by atoms with Gasteiger partial charge in [0.2, 0.25) is 17.7 Å². The molecule has 0 aromatic heterocycles. The molecule has 1 aromatic rings. The van der Waals surface area contributed by atoms with Gasteiger partial charge in [0.05, 0.1) is 29.2 Å². The second-order valence-corrected chi connectivity index (χ2v) is 15.7. The van der Waals surface area contributed by atoms with Crippen LogP contribution in [0.25, 0.3) is 0 Å². The van der Waals surface area contributed by atoms with Crippen molar-refractivity contribution in [2.75, 3.05) is 24.6 Å². The number of nitrogens with zero attached hydrogens (tertiary/aromatic N) is 3. The molecule has 3 saturated heterocycles. The molecular formula is C34H46BrN3O4S. The van der Waals surface area contributed by atoms with E-state index in [2.05, 4.69) is 42.9 Å². The fraction of sp³-hybridized carbons (Fsp3) is 0.618. The Morgan fingerprint density at radius 1 is 1.12 bits per heavy atom. The molecule has 234 valence electrons. The number of para-hydroxylation sites is 1. The number of carbonyl (C=O) groups is 3. The molecule has 43 heavy (non-hydrogen) atoms. The smallest absolute Gasteiger partial charge is 0.247 e. The number of thioether (sulfide) groups is 1. The lowest BCUT2D eigenvalue weighted by molar-refractivity contribution is -0.147. The van der Waals surface area contributed by atoms with Gasteiger partial charge in [-0.3, -0.25) is 14.4 Å². The van der Waals surface area contributed by atoms with Gasteiger partial charge in [0, 0.05) is 34.9 Å². The third-order valence-corrected chi connectivity index (χ3v) is 13.1. The second kappa shape index (κ2) is 13.5. The fourth-order valence-electron chi connectivity index (χ4n) is 8.19. The van der Waals surface area contributed by atoms with Gasteiger partial charge in [0.1, 0.15) is 6.04 Å². The molecule has 3 amide bonds. The quantitative estimate of drug-likeness (QED) is 0.237. The summed E-state index contributed by atoms with van der Waals surface area (Å²) in [6, 6.07) is 8.37. The van der Waals surface area contributed by atoms with E-state index in [1.54, 1.807) is 33.7 Å². The number of halogens is 1. The van der Waals surface area contributed by atoms with E-state index in [1.165, 1.54) is 6.42 Å². The zero-order valence-corrected chi connectivity index (χ0v) is 27.8. The van der Waals surface area contributed by atoms with Crippen molar-refractivity contribution < 1.29 is 19.5 Å². The Hall–Kier alpha value is -2.10. The monoisotopic (exact) mass is 671 g/mol. The van der Waals surface area contributed by atoms with Crippen LogP contribution in [0.4, 0.5) is 5.69 Å². The van der Waals surface area contributed by atoms with E-state index in [0.29, 0.717) is 25.9 Å². The second-order valence-electron chi connectivity index (χ2n) is 13.0. The normalized spacial score (nSPS) is 30.8. The molecule has 2 bridgehead atoms. The molecule has 1 spiro atoms. The Kier molecular flexibility index (Phi) is 10.1. The molecule has 3 unspecified atom stereocenters. The highest BCUT2D eigenvalue weighted by Gasteiger charge is 2.76. The summed E-state index contributed by atoms with van der Waals surface area (Å²) < 4.78 is -0.762. The van der Waals surface area contributed by atoms with Crippen LogP contribution in [-0.4, -0.2) is 85.3 Å². The summed E-state index contributed by atoms with van der Waals surface area (Å²) in [6.45, 7) is 12.5.